The molecule has 1 aromatic carbocycles. The molecular weight excluding hydrogens is 304 g/mol. The number of anilines is 1. The number of nitriles is 1. The van der Waals surface area contributed by atoms with E-state index in [0.717, 1.165) is 15.7 Å². The zero-order valence-electron chi connectivity index (χ0n) is 11.2. The Hall–Kier alpha value is -2.17. The third kappa shape index (κ3) is 4.70. The van der Waals surface area contributed by atoms with Crippen LogP contribution in [0.15, 0.2) is 34.7 Å². The third-order valence-corrected chi connectivity index (χ3v) is 4.23. The molecule has 7 heteroatoms. The number of benzene rings is 1. The van der Waals surface area contributed by atoms with Gasteiger partial charge in [-0.3, -0.25) is 10.1 Å². The van der Waals surface area contributed by atoms with Crippen molar-refractivity contribution in [2.24, 2.45) is 0 Å². The van der Waals surface area contributed by atoms with Gasteiger partial charge < -0.3 is 0 Å². The Morgan fingerprint density at radius 2 is 2.19 bits per heavy atom. The average molecular weight is 316 g/mol. The first-order valence-electron chi connectivity index (χ1n) is 6.17. The molecule has 0 radical (unpaired) electrons. The van der Waals surface area contributed by atoms with Crippen molar-refractivity contribution in [3.8, 4) is 6.07 Å². The van der Waals surface area contributed by atoms with Gasteiger partial charge in [-0.05, 0) is 29.5 Å². The second-order valence-electron chi connectivity index (χ2n) is 3.86. The van der Waals surface area contributed by atoms with Crippen molar-refractivity contribution in [3.05, 3.63) is 41.5 Å². The largest absolute Gasteiger partial charge is 0.297 e. The van der Waals surface area contributed by atoms with Gasteiger partial charge in [-0.15, -0.1) is 10.2 Å². The van der Waals surface area contributed by atoms with Gasteiger partial charge in [0, 0.05) is 6.08 Å². The monoisotopic (exact) mass is 316 g/mol. The van der Waals surface area contributed by atoms with Crippen molar-refractivity contribution in [1.82, 2.24) is 10.2 Å². The number of thioether (sulfide) groups is 1. The van der Waals surface area contributed by atoms with E-state index in [2.05, 4.69) is 15.5 Å². The van der Waals surface area contributed by atoms with E-state index < -0.39 is 0 Å². The van der Waals surface area contributed by atoms with E-state index in [-0.39, 0.29) is 5.91 Å². The minimum absolute atomic E-state index is 0.261. The first kappa shape index (κ1) is 15.2. The average Bonchev–Trinajstić information content (AvgIpc) is 2.93. The fourth-order valence-corrected chi connectivity index (χ4v) is 3.08. The van der Waals surface area contributed by atoms with Crippen LogP contribution in [0, 0.1) is 11.3 Å². The van der Waals surface area contributed by atoms with Crippen molar-refractivity contribution >= 4 is 40.2 Å². The highest BCUT2D eigenvalue weighted by molar-refractivity contribution is 8.01. The summed E-state index contributed by atoms with van der Waals surface area (Å²) in [4.78, 5) is 11.8. The second-order valence-corrected chi connectivity index (χ2v) is 6.35. The third-order valence-electron chi connectivity index (χ3n) is 2.37. The van der Waals surface area contributed by atoms with Crippen molar-refractivity contribution in [2.75, 3.05) is 11.1 Å². The van der Waals surface area contributed by atoms with Crippen LogP contribution in [0.3, 0.4) is 0 Å². The molecule has 2 rings (SSSR count). The molecule has 1 amide bonds. The standard InChI is InChI=1S/C14H12N4OS2/c1-2-20-14-18-17-13(21-14)16-12(19)8-7-10-3-5-11(9-15)6-4-10/h3-8H,2H2,1H3,(H,16,17,19)/b8-7+. The quantitative estimate of drug-likeness (QED) is 0.521. The maximum absolute atomic E-state index is 11.8. The van der Waals surface area contributed by atoms with E-state index in [1.807, 2.05) is 13.0 Å². The Morgan fingerprint density at radius 3 is 2.86 bits per heavy atom. The minimum Gasteiger partial charge on any atom is -0.297 e. The molecule has 5 nitrogen and oxygen atoms in total. The Labute approximate surface area is 130 Å². The van der Waals surface area contributed by atoms with E-state index in [1.54, 1.807) is 42.1 Å². The van der Waals surface area contributed by atoms with Crippen LogP contribution in [0.25, 0.3) is 6.08 Å². The summed E-state index contributed by atoms with van der Waals surface area (Å²) in [6.45, 7) is 2.03. The van der Waals surface area contributed by atoms with E-state index in [9.17, 15) is 4.79 Å². The number of hydrogen-bond donors (Lipinski definition) is 1. The van der Waals surface area contributed by atoms with E-state index >= 15 is 0 Å². The van der Waals surface area contributed by atoms with Crippen molar-refractivity contribution in [2.45, 2.75) is 11.3 Å². The van der Waals surface area contributed by atoms with E-state index in [4.69, 9.17) is 5.26 Å². The molecule has 0 unspecified atom stereocenters. The fraction of sp³-hybridized carbons (Fsp3) is 0.143. The van der Waals surface area contributed by atoms with Crippen LogP contribution in [0.2, 0.25) is 0 Å². The molecule has 0 fully saturated rings. The van der Waals surface area contributed by atoms with Crippen LogP contribution in [0.1, 0.15) is 18.1 Å². The lowest BCUT2D eigenvalue weighted by atomic mass is 10.1. The smallest absolute Gasteiger partial charge is 0.250 e. The van der Waals surface area contributed by atoms with Gasteiger partial charge in [0.1, 0.15) is 0 Å². The Balaban J connectivity index is 1.93. The number of carbonyl (C=O) groups is 1. The van der Waals surface area contributed by atoms with Crippen LogP contribution < -0.4 is 5.32 Å². The Kier molecular flexibility index (Phi) is 5.49. The van der Waals surface area contributed by atoms with Gasteiger partial charge in [0.05, 0.1) is 11.6 Å². The highest BCUT2D eigenvalue weighted by atomic mass is 32.2. The number of hydrogen-bond acceptors (Lipinski definition) is 6. The summed E-state index contributed by atoms with van der Waals surface area (Å²) in [7, 11) is 0. The van der Waals surface area contributed by atoms with Crippen LogP contribution in [0.5, 0.6) is 0 Å². The zero-order valence-corrected chi connectivity index (χ0v) is 12.9. The SMILES string of the molecule is CCSc1nnc(NC(=O)/C=C/c2ccc(C#N)cc2)s1. The predicted molar refractivity (Wildman–Crippen MR) is 85.1 cm³/mol. The first-order chi connectivity index (χ1) is 10.2. The highest BCUT2D eigenvalue weighted by Crippen LogP contribution is 2.24. The molecule has 21 heavy (non-hydrogen) atoms. The number of rotatable bonds is 5. The summed E-state index contributed by atoms with van der Waals surface area (Å²) in [5, 5.41) is 19.7. The maximum atomic E-state index is 11.8. The van der Waals surface area contributed by atoms with Gasteiger partial charge in [-0.25, -0.2) is 0 Å². The fourth-order valence-electron chi connectivity index (χ4n) is 1.43. The van der Waals surface area contributed by atoms with Gasteiger partial charge in [0.2, 0.25) is 11.0 Å². The summed E-state index contributed by atoms with van der Waals surface area (Å²) < 4.78 is 0.837. The number of amides is 1. The molecule has 1 aromatic heterocycles. The zero-order chi connectivity index (χ0) is 15.1. The van der Waals surface area contributed by atoms with Gasteiger partial charge in [0.15, 0.2) is 4.34 Å². The molecule has 0 saturated carbocycles. The Bertz CT molecular complexity index is 686. The number of nitrogens with one attached hydrogen (secondary N) is 1. The van der Waals surface area contributed by atoms with Crippen LogP contribution in [-0.2, 0) is 4.79 Å². The molecule has 0 atom stereocenters. The Morgan fingerprint density at radius 1 is 1.43 bits per heavy atom. The van der Waals surface area contributed by atoms with Crippen molar-refractivity contribution in [3.63, 3.8) is 0 Å². The first-order valence-corrected chi connectivity index (χ1v) is 7.97. The summed E-state index contributed by atoms with van der Waals surface area (Å²) in [6, 6.07) is 9.02. The molecule has 0 saturated heterocycles. The summed E-state index contributed by atoms with van der Waals surface area (Å²) in [5.41, 5.74) is 1.44. The molecule has 0 spiro atoms. The van der Waals surface area contributed by atoms with Gasteiger partial charge in [0.25, 0.3) is 0 Å². The number of aromatic nitrogens is 2. The highest BCUT2D eigenvalue weighted by Gasteiger charge is 2.05. The van der Waals surface area contributed by atoms with E-state index in [1.165, 1.54) is 17.4 Å². The lowest BCUT2D eigenvalue weighted by molar-refractivity contribution is -0.111. The topological polar surface area (TPSA) is 78.7 Å². The van der Waals surface area contributed by atoms with Gasteiger partial charge >= 0.3 is 0 Å². The molecule has 0 bridgehead atoms. The summed E-state index contributed by atoms with van der Waals surface area (Å²) in [6.07, 6.45) is 3.11. The van der Waals surface area contributed by atoms with Gasteiger partial charge in [-0.1, -0.05) is 42.2 Å². The maximum Gasteiger partial charge on any atom is 0.250 e. The molecule has 0 aliphatic carbocycles. The lowest BCUT2D eigenvalue weighted by Gasteiger charge is -1.95. The molecule has 1 heterocycles. The second kappa shape index (κ2) is 7.57. The van der Waals surface area contributed by atoms with Crippen molar-refractivity contribution in [1.29, 1.82) is 5.26 Å². The molecular formula is C14H12N4OS2. The van der Waals surface area contributed by atoms with Gasteiger partial charge in [-0.2, -0.15) is 5.26 Å². The minimum atomic E-state index is -0.261. The normalized spacial score (nSPS) is 10.5. The molecule has 1 N–H and O–H groups in total. The van der Waals surface area contributed by atoms with Crippen LogP contribution in [-0.4, -0.2) is 21.9 Å². The van der Waals surface area contributed by atoms with Crippen LogP contribution >= 0.6 is 23.1 Å². The van der Waals surface area contributed by atoms with E-state index in [0.29, 0.717) is 10.7 Å². The predicted octanol–water partition coefficient (Wildman–Crippen LogP) is 3.17. The van der Waals surface area contributed by atoms with Crippen LogP contribution in [0.4, 0.5) is 5.13 Å². The summed E-state index contributed by atoms with van der Waals surface area (Å²) >= 11 is 2.94. The molecule has 0 aliphatic heterocycles. The lowest BCUT2D eigenvalue weighted by Crippen LogP contribution is -2.07. The summed E-state index contributed by atoms with van der Waals surface area (Å²) in [5.74, 6) is 0.657. The number of nitrogens with zero attached hydrogens (tertiary/aromatic N) is 3. The molecule has 0 aliphatic rings. The van der Waals surface area contributed by atoms with Crippen molar-refractivity contribution < 1.29 is 4.79 Å². The number of carbonyl (C=O) groups excluding carboxylic acids is 1. The molecule has 2 aromatic rings. The molecule has 106 valence electrons.